The number of nitrogens with zero attached hydrogens (tertiary/aromatic N) is 2. The van der Waals surface area contributed by atoms with Gasteiger partial charge in [-0.05, 0) is 54.4 Å². The Hall–Kier alpha value is -3.11. The summed E-state index contributed by atoms with van der Waals surface area (Å²) in [5, 5.41) is 6.72. The number of likely N-dealkylation sites (tertiary alicyclic amines) is 1. The molecule has 2 aromatic carbocycles. The summed E-state index contributed by atoms with van der Waals surface area (Å²) in [5.74, 6) is -1.23. The van der Waals surface area contributed by atoms with Gasteiger partial charge in [0.1, 0.15) is 11.8 Å². The van der Waals surface area contributed by atoms with E-state index in [-0.39, 0.29) is 11.7 Å². The molecule has 0 saturated carbocycles. The Morgan fingerprint density at radius 2 is 1.76 bits per heavy atom. The third kappa shape index (κ3) is 5.95. The highest BCUT2D eigenvalue weighted by Crippen LogP contribution is 2.52. The maximum absolute atomic E-state index is 14.5. The van der Waals surface area contributed by atoms with Crippen LogP contribution in [0.5, 0.6) is 5.75 Å². The number of hydrogen-bond acceptors (Lipinski definition) is 6. The number of hydrogen-bond donors (Lipinski definition) is 2. The summed E-state index contributed by atoms with van der Waals surface area (Å²) >= 11 is 13.7. The molecule has 41 heavy (non-hydrogen) atoms. The quantitative estimate of drug-likeness (QED) is 0.356. The number of rotatable bonds is 7. The molecule has 3 heterocycles. The van der Waals surface area contributed by atoms with Gasteiger partial charge in [-0.2, -0.15) is 0 Å². The second-order valence-corrected chi connectivity index (χ2v) is 12.2. The van der Waals surface area contributed by atoms with E-state index in [0.717, 1.165) is 5.56 Å². The molecule has 2 saturated heterocycles. The van der Waals surface area contributed by atoms with Crippen molar-refractivity contribution in [2.75, 3.05) is 39.8 Å². The van der Waals surface area contributed by atoms with Crippen LogP contribution >= 0.6 is 34.5 Å². The van der Waals surface area contributed by atoms with Crippen molar-refractivity contribution >= 4 is 52.3 Å². The molecule has 216 valence electrons. The van der Waals surface area contributed by atoms with Crippen molar-refractivity contribution in [3.05, 3.63) is 86.0 Å². The third-order valence-electron chi connectivity index (χ3n) is 7.72. The van der Waals surface area contributed by atoms with Crippen LogP contribution in [0.15, 0.2) is 60.7 Å². The molecule has 0 bridgehead atoms. The van der Waals surface area contributed by atoms with Crippen LogP contribution in [0.1, 0.15) is 39.7 Å². The molecule has 2 fully saturated rings. The van der Waals surface area contributed by atoms with Crippen LogP contribution in [-0.4, -0.2) is 73.4 Å². The normalized spacial score (nSPS) is 22.4. The predicted octanol–water partition coefficient (Wildman–Crippen LogP) is 5.23. The zero-order valence-electron chi connectivity index (χ0n) is 22.8. The van der Waals surface area contributed by atoms with Crippen molar-refractivity contribution in [3.8, 4) is 5.75 Å². The van der Waals surface area contributed by atoms with E-state index in [1.807, 2.05) is 43.3 Å². The first kappa shape index (κ1) is 29.4. The van der Waals surface area contributed by atoms with E-state index in [1.165, 1.54) is 11.3 Å². The molecule has 0 aliphatic carbocycles. The second kappa shape index (κ2) is 12.8. The molecule has 1 aromatic heterocycles. The van der Waals surface area contributed by atoms with E-state index in [9.17, 15) is 14.4 Å². The van der Waals surface area contributed by atoms with Crippen molar-refractivity contribution in [1.29, 1.82) is 0 Å². The Balaban J connectivity index is 1.76. The Kier molecular flexibility index (Phi) is 9.19. The number of piperazine rings is 1. The topological polar surface area (TPSA) is 91.0 Å². The summed E-state index contributed by atoms with van der Waals surface area (Å²) in [6.07, 6.45) is 0. The first-order valence-electron chi connectivity index (χ1n) is 13.6. The Morgan fingerprint density at radius 1 is 1.02 bits per heavy atom. The lowest BCUT2D eigenvalue weighted by Gasteiger charge is -2.36. The van der Waals surface area contributed by atoms with Crippen LogP contribution in [-0.2, 0) is 4.79 Å². The fraction of sp³-hybridized carbons (Fsp3) is 0.367. The maximum Gasteiger partial charge on any atom is 0.318 e. The number of urea groups is 1. The minimum atomic E-state index is -0.947. The molecule has 4 unspecified atom stereocenters. The number of ketones is 1. The minimum Gasteiger partial charge on any atom is -0.497 e. The Morgan fingerprint density at radius 3 is 2.39 bits per heavy atom. The van der Waals surface area contributed by atoms with Gasteiger partial charge in [-0.1, -0.05) is 47.5 Å². The zero-order valence-corrected chi connectivity index (χ0v) is 25.1. The maximum atomic E-state index is 14.5. The van der Waals surface area contributed by atoms with Crippen LogP contribution in [0.3, 0.4) is 0 Å². The molecule has 8 nitrogen and oxygen atoms in total. The van der Waals surface area contributed by atoms with Crippen LogP contribution in [0.25, 0.3) is 0 Å². The van der Waals surface area contributed by atoms with Crippen LogP contribution in [0.2, 0.25) is 9.36 Å². The minimum absolute atomic E-state index is 0.181. The lowest BCUT2D eigenvalue weighted by Crippen LogP contribution is -2.56. The number of Topliss-reactive ketones (excluding diaryl/α,β-unsaturated/α-hetero) is 1. The first-order chi connectivity index (χ1) is 19.8. The first-order valence-corrected chi connectivity index (χ1v) is 15.2. The third-order valence-corrected chi connectivity index (χ3v) is 9.22. The van der Waals surface area contributed by atoms with Gasteiger partial charge in [0, 0.05) is 43.7 Å². The largest absolute Gasteiger partial charge is 0.497 e. The van der Waals surface area contributed by atoms with Crippen molar-refractivity contribution in [1.82, 2.24) is 20.4 Å². The molecule has 0 spiro atoms. The lowest BCUT2D eigenvalue weighted by molar-refractivity contribution is -0.136. The molecule has 2 N–H and O–H groups in total. The van der Waals surface area contributed by atoms with Crippen molar-refractivity contribution in [2.45, 2.75) is 24.9 Å². The number of thiophene rings is 1. The smallest absolute Gasteiger partial charge is 0.318 e. The molecular weight excluding hydrogens is 583 g/mol. The number of benzene rings is 2. The number of carbonyl (C=O) groups is 3. The number of carbonyl (C=O) groups excluding carboxylic acids is 3. The Labute approximate surface area is 253 Å². The number of ether oxygens (including phenoxy) is 1. The van der Waals surface area contributed by atoms with E-state index in [1.54, 1.807) is 41.2 Å². The molecule has 2 aliphatic rings. The predicted molar refractivity (Wildman–Crippen MR) is 161 cm³/mol. The molecule has 5 rings (SSSR count). The fourth-order valence-electron chi connectivity index (χ4n) is 5.94. The van der Waals surface area contributed by atoms with Crippen molar-refractivity contribution < 1.29 is 19.1 Å². The molecule has 0 radical (unpaired) electrons. The van der Waals surface area contributed by atoms with Gasteiger partial charge < -0.3 is 25.2 Å². The number of nitrogens with one attached hydrogen (secondary N) is 2. The molecular formula is C30H32Cl2N4O4S. The molecule has 2 aliphatic heterocycles. The van der Waals surface area contributed by atoms with E-state index in [4.69, 9.17) is 27.9 Å². The van der Waals surface area contributed by atoms with Gasteiger partial charge in [0.15, 0.2) is 5.78 Å². The van der Waals surface area contributed by atoms with E-state index in [0.29, 0.717) is 58.3 Å². The standard InChI is InChI=1S/C30H32Cl2N4O4S/c1-3-34-30(39)36-26(18-7-9-20(31)10-8-18)25(28(37)22-11-12-23(32)41-22)24(19-5-4-6-21(17-19)40-2)27(36)29(38)35-15-13-33-14-16-35/h4-12,17,24-27,33H,3,13-16H2,1-2H3,(H,34,39). The summed E-state index contributed by atoms with van der Waals surface area (Å²) < 4.78 is 6.02. The number of amides is 3. The summed E-state index contributed by atoms with van der Waals surface area (Å²) in [6.45, 7) is 4.51. The van der Waals surface area contributed by atoms with Crippen molar-refractivity contribution in [3.63, 3.8) is 0 Å². The van der Waals surface area contributed by atoms with Gasteiger partial charge in [-0.15, -0.1) is 11.3 Å². The highest BCUT2D eigenvalue weighted by atomic mass is 35.5. The van der Waals surface area contributed by atoms with Gasteiger partial charge in [0.05, 0.1) is 28.3 Å². The average Bonchev–Trinajstić information content (AvgIpc) is 3.59. The highest BCUT2D eigenvalue weighted by Gasteiger charge is 2.58. The van der Waals surface area contributed by atoms with Gasteiger partial charge in [0.25, 0.3) is 0 Å². The number of methoxy groups -OCH3 is 1. The average molecular weight is 616 g/mol. The van der Waals surface area contributed by atoms with Crippen molar-refractivity contribution in [2.24, 2.45) is 5.92 Å². The van der Waals surface area contributed by atoms with E-state index in [2.05, 4.69) is 10.6 Å². The molecule has 11 heteroatoms. The van der Waals surface area contributed by atoms with Crippen LogP contribution < -0.4 is 15.4 Å². The molecule has 3 amide bonds. The van der Waals surface area contributed by atoms with E-state index < -0.39 is 30.0 Å². The fourth-order valence-corrected chi connectivity index (χ4v) is 7.09. The zero-order chi connectivity index (χ0) is 29.1. The van der Waals surface area contributed by atoms with Crippen LogP contribution in [0, 0.1) is 5.92 Å². The van der Waals surface area contributed by atoms with Gasteiger partial charge >= 0.3 is 6.03 Å². The van der Waals surface area contributed by atoms with Gasteiger partial charge in [-0.25, -0.2) is 4.79 Å². The molecule has 4 atom stereocenters. The number of halogens is 2. The molecule has 3 aromatic rings. The Bertz CT molecular complexity index is 1410. The van der Waals surface area contributed by atoms with E-state index >= 15 is 0 Å². The highest BCUT2D eigenvalue weighted by molar-refractivity contribution is 7.18. The summed E-state index contributed by atoms with van der Waals surface area (Å²) in [7, 11) is 1.57. The van der Waals surface area contributed by atoms with Gasteiger partial charge in [0.2, 0.25) is 5.91 Å². The monoisotopic (exact) mass is 614 g/mol. The SMILES string of the molecule is CCNC(=O)N1C(C(=O)N2CCNCC2)C(c2cccc(OC)c2)C(C(=O)c2ccc(Cl)s2)C1c1ccc(Cl)cc1. The summed E-state index contributed by atoms with van der Waals surface area (Å²) in [4.78, 5) is 46.8. The second-order valence-electron chi connectivity index (χ2n) is 10.1. The summed E-state index contributed by atoms with van der Waals surface area (Å²) in [5.41, 5.74) is 1.45. The summed E-state index contributed by atoms with van der Waals surface area (Å²) in [6, 6.07) is 15.8. The van der Waals surface area contributed by atoms with Gasteiger partial charge in [-0.3, -0.25) is 9.59 Å². The van der Waals surface area contributed by atoms with Crippen LogP contribution in [0.4, 0.5) is 4.79 Å². The lowest BCUT2D eigenvalue weighted by atomic mass is 9.77.